The number of ether oxygens (including phenoxy) is 1. The van der Waals surface area contributed by atoms with E-state index in [4.69, 9.17) is 4.74 Å². The van der Waals surface area contributed by atoms with Crippen molar-refractivity contribution in [3.05, 3.63) is 23.8 Å². The summed E-state index contributed by atoms with van der Waals surface area (Å²) in [7, 11) is 0. The van der Waals surface area contributed by atoms with Crippen LogP contribution >= 0.6 is 0 Å². The molecule has 0 radical (unpaired) electrons. The van der Waals surface area contributed by atoms with Crippen molar-refractivity contribution in [1.29, 1.82) is 0 Å². The van der Waals surface area contributed by atoms with Gasteiger partial charge in [-0.05, 0) is 101 Å². The minimum absolute atomic E-state index is 0.0144. The third-order valence-electron chi connectivity index (χ3n) is 9.68. The van der Waals surface area contributed by atoms with Gasteiger partial charge in [0.15, 0.2) is 0 Å². The number of allylic oxidation sites excluding steroid dienone is 2. The van der Waals surface area contributed by atoms with Gasteiger partial charge in [0, 0.05) is 5.57 Å². The molecule has 0 unspecified atom stereocenters. The average Bonchev–Trinajstić information content (AvgIpc) is 2.91. The lowest BCUT2D eigenvalue weighted by molar-refractivity contribution is -0.211. The zero-order valence-electron chi connectivity index (χ0n) is 18.4. The van der Waals surface area contributed by atoms with E-state index >= 15 is 0 Å². The van der Waals surface area contributed by atoms with E-state index in [2.05, 4.69) is 13.5 Å². The Morgan fingerprint density at radius 3 is 2.52 bits per heavy atom. The Morgan fingerprint density at radius 1 is 1.14 bits per heavy atom. The normalized spacial score (nSPS) is 46.6. The van der Waals surface area contributed by atoms with E-state index in [1.807, 2.05) is 6.92 Å². The van der Waals surface area contributed by atoms with Crippen LogP contribution < -0.4 is 0 Å². The van der Waals surface area contributed by atoms with E-state index in [0.29, 0.717) is 29.2 Å². The summed E-state index contributed by atoms with van der Waals surface area (Å²) in [6, 6.07) is 0. The highest BCUT2D eigenvalue weighted by atomic mass is 16.5. The molecule has 0 amide bonds. The van der Waals surface area contributed by atoms with Crippen molar-refractivity contribution in [2.75, 3.05) is 0 Å². The maximum atomic E-state index is 12.7. The monoisotopic (exact) mass is 400 g/mol. The second-order valence-corrected chi connectivity index (χ2v) is 10.8. The Labute approximate surface area is 174 Å². The third kappa shape index (κ3) is 2.77. The van der Waals surface area contributed by atoms with Gasteiger partial charge < -0.3 is 9.84 Å². The van der Waals surface area contributed by atoms with Crippen LogP contribution in [0.3, 0.4) is 0 Å². The number of carbonyl (C=O) groups excluding carboxylic acids is 1. The fourth-order valence-corrected chi connectivity index (χ4v) is 8.06. The standard InChI is InChI=1S/C25H36O4/c1-6-15(2)21(26)29-20-10-11-23(4)18(24(20,5)22(27)28)9-12-25-13-16(3)17(14-25)7-8-19(23)25/h6,17-20H,3,7-14H2,1-2,4-5H3,(H,27,28)/b15-6+/t17-,18-,19-,20+,23+,24-,25+/m0/s1. The average molecular weight is 401 g/mol. The zero-order chi connectivity index (χ0) is 21.2. The molecule has 4 nitrogen and oxygen atoms in total. The first kappa shape index (κ1) is 20.7. The fourth-order valence-electron chi connectivity index (χ4n) is 8.06. The van der Waals surface area contributed by atoms with Gasteiger partial charge in [0.05, 0.1) is 0 Å². The Hall–Kier alpha value is -1.58. The molecule has 0 aliphatic heterocycles. The van der Waals surface area contributed by atoms with Crippen molar-refractivity contribution in [2.45, 2.75) is 85.2 Å². The second kappa shape index (κ2) is 6.72. The predicted molar refractivity (Wildman–Crippen MR) is 112 cm³/mol. The van der Waals surface area contributed by atoms with Gasteiger partial charge in [-0.25, -0.2) is 4.79 Å². The van der Waals surface area contributed by atoms with Crippen molar-refractivity contribution >= 4 is 11.9 Å². The zero-order valence-corrected chi connectivity index (χ0v) is 18.4. The van der Waals surface area contributed by atoms with Crippen molar-refractivity contribution in [3.8, 4) is 0 Å². The molecule has 1 N–H and O–H groups in total. The molecule has 4 heteroatoms. The number of hydrogen-bond acceptors (Lipinski definition) is 3. The minimum atomic E-state index is -1.04. The predicted octanol–water partition coefficient (Wildman–Crippen LogP) is 5.53. The summed E-state index contributed by atoms with van der Waals surface area (Å²) in [5.74, 6) is 0.0690. The molecule has 29 heavy (non-hydrogen) atoms. The molecule has 1 spiro atoms. The number of esters is 1. The molecule has 4 aliphatic carbocycles. The van der Waals surface area contributed by atoms with E-state index in [0.717, 1.165) is 25.7 Å². The molecule has 7 atom stereocenters. The number of carboxylic acids is 1. The Balaban J connectivity index is 1.68. The molecule has 0 aromatic rings. The lowest BCUT2D eigenvalue weighted by Gasteiger charge is -2.64. The summed E-state index contributed by atoms with van der Waals surface area (Å²) in [5.41, 5.74) is 1.25. The topological polar surface area (TPSA) is 63.6 Å². The van der Waals surface area contributed by atoms with E-state index in [9.17, 15) is 14.7 Å². The Kier molecular flexibility index (Phi) is 4.79. The summed E-state index contributed by atoms with van der Waals surface area (Å²) in [6.45, 7) is 12.1. The smallest absolute Gasteiger partial charge is 0.333 e. The van der Waals surface area contributed by atoms with Crippen LogP contribution in [0.25, 0.3) is 0 Å². The number of fused-ring (bicyclic) bond motifs is 3. The van der Waals surface area contributed by atoms with Gasteiger partial charge in [-0.3, -0.25) is 4.79 Å². The lowest BCUT2D eigenvalue weighted by atomic mass is 9.40. The van der Waals surface area contributed by atoms with Crippen LogP contribution in [-0.4, -0.2) is 23.1 Å². The molecule has 160 valence electrons. The molecular formula is C25H36O4. The van der Waals surface area contributed by atoms with Gasteiger partial charge in [0.2, 0.25) is 0 Å². The molecule has 4 aliphatic rings. The SMILES string of the molecule is C=C1C[C@@]23CC[C@H]4[C@@](C)(CC[C@@H](OC(=O)/C(C)=C/C)[C@@]4(C)C(=O)O)[C@@H]2CC[C@H]1C3. The summed E-state index contributed by atoms with van der Waals surface area (Å²) >= 11 is 0. The molecule has 2 bridgehead atoms. The van der Waals surface area contributed by atoms with Crippen molar-refractivity contribution < 1.29 is 19.4 Å². The Morgan fingerprint density at radius 2 is 1.86 bits per heavy atom. The number of rotatable bonds is 3. The molecule has 4 saturated carbocycles. The lowest BCUT2D eigenvalue weighted by Crippen LogP contribution is -2.63. The fraction of sp³-hybridized carbons (Fsp3) is 0.760. The van der Waals surface area contributed by atoms with E-state index in [1.165, 1.54) is 24.8 Å². The minimum Gasteiger partial charge on any atom is -0.481 e. The first-order valence-corrected chi connectivity index (χ1v) is 11.3. The highest BCUT2D eigenvalue weighted by Gasteiger charge is 2.67. The van der Waals surface area contributed by atoms with E-state index in [-0.39, 0.29) is 17.3 Å². The molecule has 0 heterocycles. The summed E-state index contributed by atoms with van der Waals surface area (Å²) in [6.07, 6.45) is 9.51. The molecule has 0 aromatic heterocycles. The maximum Gasteiger partial charge on any atom is 0.333 e. The quantitative estimate of drug-likeness (QED) is 0.384. The molecule has 4 fully saturated rings. The second-order valence-electron chi connectivity index (χ2n) is 10.8. The van der Waals surface area contributed by atoms with Crippen LogP contribution in [0.1, 0.15) is 79.1 Å². The molecule has 0 aromatic carbocycles. The van der Waals surface area contributed by atoms with Gasteiger partial charge in [-0.2, -0.15) is 0 Å². The van der Waals surface area contributed by atoms with Crippen molar-refractivity contribution in [1.82, 2.24) is 0 Å². The van der Waals surface area contributed by atoms with Crippen LogP contribution in [0.5, 0.6) is 0 Å². The maximum absolute atomic E-state index is 12.7. The molecule has 4 rings (SSSR count). The Bertz CT molecular complexity index is 782. The van der Waals surface area contributed by atoms with Gasteiger partial charge in [0.25, 0.3) is 0 Å². The summed E-state index contributed by atoms with van der Waals surface area (Å²) < 4.78 is 5.83. The number of carboxylic acid groups (broad SMARTS) is 1. The van der Waals surface area contributed by atoms with Crippen LogP contribution in [0.15, 0.2) is 23.8 Å². The van der Waals surface area contributed by atoms with Crippen molar-refractivity contribution in [3.63, 3.8) is 0 Å². The highest BCUT2D eigenvalue weighted by molar-refractivity contribution is 5.88. The van der Waals surface area contributed by atoms with Gasteiger partial charge in [-0.1, -0.05) is 25.2 Å². The van der Waals surface area contributed by atoms with Crippen LogP contribution in [-0.2, 0) is 14.3 Å². The first-order chi connectivity index (χ1) is 13.6. The number of carbonyl (C=O) groups is 2. The summed E-state index contributed by atoms with van der Waals surface area (Å²) in [5, 5.41) is 10.4. The number of hydrogen-bond donors (Lipinski definition) is 1. The van der Waals surface area contributed by atoms with Crippen molar-refractivity contribution in [2.24, 2.45) is 34.0 Å². The van der Waals surface area contributed by atoms with Gasteiger partial charge in [-0.15, -0.1) is 0 Å². The number of aliphatic carboxylic acids is 1. The van der Waals surface area contributed by atoms with Gasteiger partial charge in [0.1, 0.15) is 11.5 Å². The molecule has 0 saturated heterocycles. The van der Waals surface area contributed by atoms with Crippen LogP contribution in [0.4, 0.5) is 0 Å². The largest absolute Gasteiger partial charge is 0.481 e. The highest BCUT2D eigenvalue weighted by Crippen LogP contribution is 2.72. The summed E-state index contributed by atoms with van der Waals surface area (Å²) in [4.78, 5) is 25.1. The molecular weight excluding hydrogens is 364 g/mol. The van der Waals surface area contributed by atoms with Gasteiger partial charge >= 0.3 is 11.9 Å². The van der Waals surface area contributed by atoms with Crippen LogP contribution in [0, 0.1) is 34.0 Å². The van der Waals surface area contributed by atoms with Crippen LogP contribution in [0.2, 0.25) is 0 Å². The van der Waals surface area contributed by atoms with E-state index in [1.54, 1.807) is 19.9 Å². The first-order valence-electron chi connectivity index (χ1n) is 11.3. The third-order valence-corrected chi connectivity index (χ3v) is 9.68. The van der Waals surface area contributed by atoms with E-state index < -0.39 is 17.5 Å².